The van der Waals surface area contributed by atoms with Gasteiger partial charge in [-0.05, 0) is 13.5 Å². The van der Waals surface area contributed by atoms with Gasteiger partial charge in [-0.3, -0.25) is 4.79 Å². The van der Waals surface area contributed by atoms with Crippen LogP contribution in [0, 0.1) is 0 Å². The van der Waals surface area contributed by atoms with Gasteiger partial charge in [0.1, 0.15) is 0 Å². The van der Waals surface area contributed by atoms with Gasteiger partial charge in [0.2, 0.25) is 5.91 Å². The third-order valence-corrected chi connectivity index (χ3v) is 3.77. The van der Waals surface area contributed by atoms with Crippen molar-refractivity contribution in [1.29, 1.82) is 0 Å². The highest BCUT2D eigenvalue weighted by molar-refractivity contribution is 5.82. The van der Waals surface area contributed by atoms with E-state index >= 15 is 0 Å². The number of hydrogen-bond donors (Lipinski definition) is 2. The van der Waals surface area contributed by atoms with Crippen molar-refractivity contribution in [2.45, 2.75) is 25.9 Å². The average Bonchev–Trinajstić information content (AvgIpc) is 2.39. The number of carbonyl (C=O) groups is 1. The topological polar surface area (TPSA) is 47.6 Å². The molecular formula is C12H24N4O. The SMILES string of the molecule is CCN1CCN(C(=O)C2CNC(C)CN2)CC1. The zero-order valence-corrected chi connectivity index (χ0v) is 10.9. The average molecular weight is 240 g/mol. The number of carbonyl (C=O) groups excluding carboxylic acids is 1. The van der Waals surface area contributed by atoms with Crippen molar-refractivity contribution in [3.05, 3.63) is 0 Å². The summed E-state index contributed by atoms with van der Waals surface area (Å²) in [5.41, 5.74) is 0. The first kappa shape index (κ1) is 12.8. The lowest BCUT2D eigenvalue weighted by Gasteiger charge is -2.37. The normalized spacial score (nSPS) is 31.5. The maximum absolute atomic E-state index is 12.3. The molecule has 2 fully saturated rings. The van der Waals surface area contributed by atoms with E-state index in [-0.39, 0.29) is 11.9 Å². The van der Waals surface area contributed by atoms with Gasteiger partial charge in [-0.2, -0.15) is 0 Å². The summed E-state index contributed by atoms with van der Waals surface area (Å²) in [6.07, 6.45) is 0. The molecule has 2 heterocycles. The van der Waals surface area contributed by atoms with Crippen LogP contribution < -0.4 is 10.6 Å². The van der Waals surface area contributed by atoms with Crippen LogP contribution in [0.25, 0.3) is 0 Å². The lowest BCUT2D eigenvalue weighted by Crippen LogP contribution is -2.61. The van der Waals surface area contributed by atoms with Crippen LogP contribution in [0.2, 0.25) is 0 Å². The zero-order valence-electron chi connectivity index (χ0n) is 10.9. The van der Waals surface area contributed by atoms with Crippen LogP contribution in [0.5, 0.6) is 0 Å². The van der Waals surface area contributed by atoms with Crippen LogP contribution in [0.3, 0.4) is 0 Å². The Bertz CT molecular complexity index is 255. The Morgan fingerprint density at radius 3 is 2.41 bits per heavy atom. The number of rotatable bonds is 2. The molecule has 2 atom stereocenters. The summed E-state index contributed by atoms with van der Waals surface area (Å²) in [7, 11) is 0. The van der Waals surface area contributed by atoms with Gasteiger partial charge in [-0.1, -0.05) is 6.92 Å². The lowest BCUT2D eigenvalue weighted by molar-refractivity contribution is -0.135. The standard InChI is InChI=1S/C12H24N4O/c1-3-15-4-6-16(7-5-15)12(17)11-9-13-10(2)8-14-11/h10-11,13-14H,3-9H2,1-2H3. The minimum Gasteiger partial charge on any atom is -0.339 e. The molecule has 0 aromatic rings. The van der Waals surface area contributed by atoms with E-state index in [0.717, 1.165) is 45.8 Å². The Labute approximate surface area is 104 Å². The fraction of sp³-hybridized carbons (Fsp3) is 0.917. The van der Waals surface area contributed by atoms with E-state index in [1.807, 2.05) is 4.90 Å². The molecule has 1 amide bonds. The van der Waals surface area contributed by atoms with Gasteiger partial charge in [-0.25, -0.2) is 0 Å². The summed E-state index contributed by atoms with van der Waals surface area (Å²) in [6, 6.07) is 0.440. The van der Waals surface area contributed by atoms with E-state index in [2.05, 4.69) is 29.4 Å². The molecule has 0 radical (unpaired) electrons. The molecule has 98 valence electrons. The van der Waals surface area contributed by atoms with Gasteiger partial charge < -0.3 is 20.4 Å². The molecule has 2 rings (SSSR count). The molecule has 2 aliphatic rings. The fourth-order valence-electron chi connectivity index (χ4n) is 2.46. The monoisotopic (exact) mass is 240 g/mol. The number of piperazine rings is 2. The predicted octanol–water partition coefficient (Wildman–Crippen LogP) is -0.900. The molecule has 5 heteroatoms. The highest BCUT2D eigenvalue weighted by Gasteiger charge is 2.29. The van der Waals surface area contributed by atoms with Crippen molar-refractivity contribution >= 4 is 5.91 Å². The van der Waals surface area contributed by atoms with Crippen molar-refractivity contribution in [2.24, 2.45) is 0 Å². The Hall–Kier alpha value is -0.650. The molecule has 0 spiro atoms. The summed E-state index contributed by atoms with van der Waals surface area (Å²) < 4.78 is 0. The number of hydrogen-bond acceptors (Lipinski definition) is 4. The highest BCUT2D eigenvalue weighted by atomic mass is 16.2. The summed E-state index contributed by atoms with van der Waals surface area (Å²) in [6.45, 7) is 10.8. The number of nitrogens with zero attached hydrogens (tertiary/aromatic N) is 2. The van der Waals surface area contributed by atoms with Crippen LogP contribution >= 0.6 is 0 Å². The maximum atomic E-state index is 12.3. The molecule has 5 nitrogen and oxygen atoms in total. The summed E-state index contributed by atoms with van der Waals surface area (Å²) >= 11 is 0. The molecule has 2 saturated heterocycles. The third-order valence-electron chi connectivity index (χ3n) is 3.77. The maximum Gasteiger partial charge on any atom is 0.241 e. The Balaban J connectivity index is 1.80. The van der Waals surface area contributed by atoms with Crippen LogP contribution in [-0.4, -0.2) is 73.6 Å². The minimum absolute atomic E-state index is 0.0284. The minimum atomic E-state index is -0.0284. The van der Waals surface area contributed by atoms with Crippen LogP contribution in [-0.2, 0) is 4.79 Å². The van der Waals surface area contributed by atoms with Crippen LogP contribution in [0.15, 0.2) is 0 Å². The Morgan fingerprint density at radius 2 is 1.88 bits per heavy atom. The first-order valence-electron chi connectivity index (χ1n) is 6.68. The summed E-state index contributed by atoms with van der Waals surface area (Å²) in [4.78, 5) is 16.6. The Morgan fingerprint density at radius 1 is 1.18 bits per heavy atom. The van der Waals surface area contributed by atoms with Crippen molar-refractivity contribution in [1.82, 2.24) is 20.4 Å². The highest BCUT2D eigenvalue weighted by Crippen LogP contribution is 2.05. The number of nitrogens with one attached hydrogen (secondary N) is 2. The smallest absolute Gasteiger partial charge is 0.241 e. The molecule has 0 aromatic heterocycles. The molecule has 0 aliphatic carbocycles. The quantitative estimate of drug-likeness (QED) is 0.657. The van der Waals surface area contributed by atoms with E-state index < -0.39 is 0 Å². The molecule has 0 aromatic carbocycles. The summed E-state index contributed by atoms with van der Waals surface area (Å²) in [5.74, 6) is 0.264. The van der Waals surface area contributed by atoms with Crippen molar-refractivity contribution < 1.29 is 4.79 Å². The molecule has 17 heavy (non-hydrogen) atoms. The fourth-order valence-corrected chi connectivity index (χ4v) is 2.46. The second-order valence-corrected chi connectivity index (χ2v) is 5.03. The van der Waals surface area contributed by atoms with Gasteiger partial charge in [-0.15, -0.1) is 0 Å². The van der Waals surface area contributed by atoms with Gasteiger partial charge >= 0.3 is 0 Å². The molecule has 2 aliphatic heterocycles. The Kier molecular flexibility index (Phi) is 4.36. The third kappa shape index (κ3) is 3.18. The number of amides is 1. The van der Waals surface area contributed by atoms with Crippen LogP contribution in [0.1, 0.15) is 13.8 Å². The van der Waals surface area contributed by atoms with Crippen molar-refractivity contribution in [3.63, 3.8) is 0 Å². The van der Waals surface area contributed by atoms with E-state index in [0.29, 0.717) is 6.04 Å². The van der Waals surface area contributed by atoms with Gasteiger partial charge in [0.15, 0.2) is 0 Å². The van der Waals surface area contributed by atoms with E-state index in [1.54, 1.807) is 0 Å². The second kappa shape index (κ2) is 5.80. The van der Waals surface area contributed by atoms with Gasteiger partial charge in [0.25, 0.3) is 0 Å². The molecule has 0 saturated carbocycles. The van der Waals surface area contributed by atoms with Gasteiger partial charge in [0, 0.05) is 45.3 Å². The first-order chi connectivity index (χ1) is 8.20. The van der Waals surface area contributed by atoms with E-state index in [4.69, 9.17) is 0 Å². The molecular weight excluding hydrogens is 216 g/mol. The number of likely N-dealkylation sites (N-methyl/N-ethyl adjacent to an activating group) is 1. The summed E-state index contributed by atoms with van der Waals surface area (Å²) in [5, 5.41) is 6.68. The van der Waals surface area contributed by atoms with Crippen molar-refractivity contribution in [3.8, 4) is 0 Å². The van der Waals surface area contributed by atoms with Crippen LogP contribution in [0.4, 0.5) is 0 Å². The predicted molar refractivity (Wildman–Crippen MR) is 67.9 cm³/mol. The van der Waals surface area contributed by atoms with Crippen molar-refractivity contribution in [2.75, 3.05) is 45.8 Å². The van der Waals surface area contributed by atoms with E-state index in [9.17, 15) is 4.79 Å². The molecule has 0 bridgehead atoms. The molecule has 2 N–H and O–H groups in total. The first-order valence-corrected chi connectivity index (χ1v) is 6.68. The largest absolute Gasteiger partial charge is 0.339 e. The second-order valence-electron chi connectivity index (χ2n) is 5.03. The van der Waals surface area contributed by atoms with Gasteiger partial charge in [0.05, 0.1) is 6.04 Å². The lowest BCUT2D eigenvalue weighted by atomic mass is 10.1. The van der Waals surface area contributed by atoms with E-state index in [1.165, 1.54) is 0 Å². The molecule has 2 unspecified atom stereocenters. The zero-order chi connectivity index (χ0) is 12.3.